The van der Waals surface area contributed by atoms with Crippen LogP contribution >= 0.6 is 0 Å². The normalized spacial score (nSPS) is 13.7. The molecule has 0 amide bonds. The quantitative estimate of drug-likeness (QED) is 0.201. The molecule has 6 aromatic carbocycles. The van der Waals surface area contributed by atoms with Crippen LogP contribution < -0.4 is 0 Å². The van der Waals surface area contributed by atoms with Crippen molar-refractivity contribution in [3.05, 3.63) is 145 Å². The molecule has 0 atom stereocenters. The minimum atomic E-state index is -0.0553. The van der Waals surface area contributed by atoms with Crippen LogP contribution in [0.15, 0.2) is 134 Å². The van der Waals surface area contributed by atoms with Crippen molar-refractivity contribution in [3.63, 3.8) is 0 Å². The molecule has 2 heterocycles. The van der Waals surface area contributed by atoms with Crippen molar-refractivity contribution in [1.29, 1.82) is 0 Å². The predicted octanol–water partition coefficient (Wildman–Crippen LogP) is 10.5. The lowest BCUT2D eigenvalue weighted by molar-refractivity contribution is 0.661. The fourth-order valence-corrected chi connectivity index (χ4v) is 7.41. The SMILES string of the molecule is CC1(C)c2ccccc2-c2cc3c4ccccc4n(-c4cccc(-c5cccc6ccc7cccnc7c56)c4)c3cc21. The topological polar surface area (TPSA) is 17.8 Å². The second kappa shape index (κ2) is 8.41. The highest BCUT2D eigenvalue weighted by atomic mass is 15.0. The molecule has 2 nitrogen and oxygen atoms in total. The van der Waals surface area contributed by atoms with Crippen molar-refractivity contribution < 1.29 is 0 Å². The molecule has 2 heteroatoms. The molecule has 42 heavy (non-hydrogen) atoms. The standard InChI is InChI=1S/C40H28N2/c1-40(2)34-17-5-3-14-30(34)32-23-33-31-15-4-6-18-36(31)42(37(33)24-35(32)40)28-13-7-11-27(22-28)29-16-8-10-25-19-20-26-12-9-21-41-39(26)38(25)29/h3-24H,1-2H3. The number of hydrogen-bond acceptors (Lipinski definition) is 1. The average Bonchev–Trinajstić information content (AvgIpc) is 3.48. The van der Waals surface area contributed by atoms with Crippen molar-refractivity contribution >= 4 is 43.5 Å². The molecule has 0 spiro atoms. The van der Waals surface area contributed by atoms with E-state index in [9.17, 15) is 0 Å². The van der Waals surface area contributed by atoms with E-state index in [1.54, 1.807) is 0 Å². The lowest BCUT2D eigenvalue weighted by Crippen LogP contribution is -2.14. The molecule has 0 N–H and O–H groups in total. The molecule has 1 aliphatic carbocycles. The molecule has 0 saturated heterocycles. The first-order valence-electron chi connectivity index (χ1n) is 14.6. The second-order valence-corrected chi connectivity index (χ2v) is 12.0. The number of rotatable bonds is 2. The summed E-state index contributed by atoms with van der Waals surface area (Å²) in [5, 5.41) is 6.14. The van der Waals surface area contributed by atoms with E-state index in [-0.39, 0.29) is 5.41 Å². The van der Waals surface area contributed by atoms with Crippen LogP contribution in [0.25, 0.3) is 71.4 Å². The number of benzene rings is 6. The van der Waals surface area contributed by atoms with E-state index in [0.717, 1.165) is 16.6 Å². The number of aromatic nitrogens is 2. The van der Waals surface area contributed by atoms with E-state index in [4.69, 9.17) is 4.98 Å². The molecule has 0 unspecified atom stereocenters. The van der Waals surface area contributed by atoms with Gasteiger partial charge in [-0.05, 0) is 75.2 Å². The average molecular weight is 537 g/mol. The maximum Gasteiger partial charge on any atom is 0.0786 e. The Kier molecular flexibility index (Phi) is 4.70. The fourth-order valence-electron chi connectivity index (χ4n) is 7.41. The molecule has 8 aromatic rings. The maximum absolute atomic E-state index is 4.81. The molecule has 198 valence electrons. The van der Waals surface area contributed by atoms with Crippen molar-refractivity contribution in [2.24, 2.45) is 0 Å². The smallest absolute Gasteiger partial charge is 0.0786 e. The molecule has 2 aromatic heterocycles. The van der Waals surface area contributed by atoms with Crippen LogP contribution in [-0.2, 0) is 5.41 Å². The van der Waals surface area contributed by atoms with Gasteiger partial charge < -0.3 is 4.57 Å². The summed E-state index contributed by atoms with van der Waals surface area (Å²) in [4.78, 5) is 4.81. The largest absolute Gasteiger partial charge is 0.309 e. The zero-order valence-electron chi connectivity index (χ0n) is 23.6. The molecule has 0 fully saturated rings. The molecule has 9 rings (SSSR count). The van der Waals surface area contributed by atoms with Crippen LogP contribution in [0, 0.1) is 0 Å². The Balaban J connectivity index is 1.32. The lowest BCUT2D eigenvalue weighted by atomic mass is 9.82. The Labute approximate surface area is 244 Å². The summed E-state index contributed by atoms with van der Waals surface area (Å²) in [6.45, 7) is 4.71. The molecule has 0 bridgehead atoms. The molecular formula is C40H28N2. The lowest BCUT2D eigenvalue weighted by Gasteiger charge is -2.21. The number of para-hydroxylation sites is 1. The molecule has 0 radical (unpaired) electrons. The van der Waals surface area contributed by atoms with Gasteiger partial charge in [0.2, 0.25) is 0 Å². The number of fused-ring (bicyclic) bond motifs is 9. The minimum absolute atomic E-state index is 0.0553. The summed E-state index contributed by atoms with van der Waals surface area (Å²) in [6, 6.07) is 46.7. The summed E-state index contributed by atoms with van der Waals surface area (Å²) >= 11 is 0. The monoisotopic (exact) mass is 536 g/mol. The first kappa shape index (κ1) is 23.5. The molecular weight excluding hydrogens is 508 g/mol. The highest BCUT2D eigenvalue weighted by Crippen LogP contribution is 2.51. The Bertz CT molecular complexity index is 2390. The zero-order valence-corrected chi connectivity index (χ0v) is 23.6. The van der Waals surface area contributed by atoms with Crippen molar-refractivity contribution in [1.82, 2.24) is 9.55 Å². The summed E-state index contributed by atoms with van der Waals surface area (Å²) in [5.74, 6) is 0. The van der Waals surface area contributed by atoms with Crippen molar-refractivity contribution in [3.8, 4) is 27.9 Å². The van der Waals surface area contributed by atoms with E-state index in [0.29, 0.717) is 0 Å². The number of pyridine rings is 1. The summed E-state index contributed by atoms with van der Waals surface area (Å²) in [6.07, 6.45) is 1.89. The van der Waals surface area contributed by atoms with Crippen LogP contribution in [0.4, 0.5) is 0 Å². The van der Waals surface area contributed by atoms with E-state index >= 15 is 0 Å². The van der Waals surface area contributed by atoms with Gasteiger partial charge in [-0.25, -0.2) is 0 Å². The minimum Gasteiger partial charge on any atom is -0.309 e. The van der Waals surface area contributed by atoms with Crippen LogP contribution in [0.2, 0.25) is 0 Å². The van der Waals surface area contributed by atoms with Gasteiger partial charge in [-0.1, -0.05) is 105 Å². The van der Waals surface area contributed by atoms with Crippen LogP contribution in [0.1, 0.15) is 25.0 Å². The van der Waals surface area contributed by atoms with Gasteiger partial charge in [0, 0.05) is 38.8 Å². The van der Waals surface area contributed by atoms with Crippen molar-refractivity contribution in [2.75, 3.05) is 0 Å². The summed E-state index contributed by atoms with van der Waals surface area (Å²) < 4.78 is 2.45. The Morgan fingerprint density at radius 2 is 1.33 bits per heavy atom. The van der Waals surface area contributed by atoms with E-state index in [2.05, 4.69) is 140 Å². The molecule has 0 aliphatic heterocycles. The van der Waals surface area contributed by atoms with Gasteiger partial charge >= 0.3 is 0 Å². The maximum atomic E-state index is 4.81. The van der Waals surface area contributed by atoms with Gasteiger partial charge in [-0.3, -0.25) is 4.98 Å². The third-order valence-electron chi connectivity index (χ3n) is 9.41. The first-order valence-corrected chi connectivity index (χ1v) is 14.6. The highest BCUT2D eigenvalue weighted by molar-refractivity contribution is 6.13. The van der Waals surface area contributed by atoms with Gasteiger partial charge in [0.15, 0.2) is 0 Å². The van der Waals surface area contributed by atoms with Crippen LogP contribution in [-0.4, -0.2) is 9.55 Å². The van der Waals surface area contributed by atoms with Gasteiger partial charge in [-0.2, -0.15) is 0 Å². The summed E-state index contributed by atoms with van der Waals surface area (Å²) in [5.41, 5.74) is 12.5. The number of nitrogens with zero attached hydrogens (tertiary/aromatic N) is 2. The highest BCUT2D eigenvalue weighted by Gasteiger charge is 2.36. The molecule has 1 aliphatic rings. The van der Waals surface area contributed by atoms with Crippen LogP contribution in [0.5, 0.6) is 0 Å². The van der Waals surface area contributed by atoms with Gasteiger partial charge in [-0.15, -0.1) is 0 Å². The van der Waals surface area contributed by atoms with E-state index in [1.807, 2.05) is 12.3 Å². The van der Waals surface area contributed by atoms with Gasteiger partial charge in [0.25, 0.3) is 0 Å². The number of hydrogen-bond donors (Lipinski definition) is 0. The zero-order chi connectivity index (χ0) is 28.0. The third kappa shape index (κ3) is 3.12. The third-order valence-corrected chi connectivity index (χ3v) is 9.41. The second-order valence-electron chi connectivity index (χ2n) is 12.0. The fraction of sp³-hybridized carbons (Fsp3) is 0.0750. The summed E-state index contributed by atoms with van der Waals surface area (Å²) in [7, 11) is 0. The van der Waals surface area contributed by atoms with Crippen molar-refractivity contribution in [2.45, 2.75) is 19.3 Å². The van der Waals surface area contributed by atoms with Crippen LogP contribution in [0.3, 0.4) is 0 Å². The Morgan fingerprint density at radius 3 is 2.29 bits per heavy atom. The van der Waals surface area contributed by atoms with Gasteiger partial charge in [0.1, 0.15) is 0 Å². The first-order chi connectivity index (χ1) is 20.6. The molecule has 0 saturated carbocycles. The van der Waals surface area contributed by atoms with E-state index in [1.165, 1.54) is 66.0 Å². The Hall–Kier alpha value is -5.21. The van der Waals surface area contributed by atoms with E-state index < -0.39 is 0 Å². The predicted molar refractivity (Wildman–Crippen MR) is 177 cm³/mol. The van der Waals surface area contributed by atoms with Gasteiger partial charge in [0.05, 0.1) is 16.6 Å². The Morgan fingerprint density at radius 1 is 0.548 bits per heavy atom.